The topological polar surface area (TPSA) is 43.4 Å². The molecule has 0 unspecified atom stereocenters. The molecular formula is C13H12Cl2N2O2. The summed E-state index contributed by atoms with van der Waals surface area (Å²) in [5.74, 6) is 1.75. The predicted octanol–water partition coefficient (Wildman–Crippen LogP) is 4.15. The van der Waals surface area contributed by atoms with Gasteiger partial charge in [-0.25, -0.2) is 4.98 Å². The van der Waals surface area contributed by atoms with Gasteiger partial charge in [-0.1, -0.05) is 29.3 Å². The van der Waals surface area contributed by atoms with Crippen LogP contribution in [0.4, 0.5) is 11.5 Å². The maximum atomic E-state index is 6.04. The Kier molecular flexibility index (Phi) is 4.35. The predicted molar refractivity (Wildman–Crippen MR) is 77.1 cm³/mol. The van der Waals surface area contributed by atoms with Crippen LogP contribution in [-0.4, -0.2) is 19.2 Å². The molecule has 2 rings (SSSR count). The van der Waals surface area contributed by atoms with E-state index in [-0.39, 0.29) is 0 Å². The van der Waals surface area contributed by atoms with Gasteiger partial charge in [-0.3, -0.25) is 0 Å². The van der Waals surface area contributed by atoms with Crippen LogP contribution in [-0.2, 0) is 0 Å². The highest BCUT2D eigenvalue weighted by atomic mass is 35.5. The molecule has 19 heavy (non-hydrogen) atoms. The highest BCUT2D eigenvalue weighted by molar-refractivity contribution is 6.32. The number of hydrogen-bond acceptors (Lipinski definition) is 4. The average Bonchev–Trinajstić information content (AvgIpc) is 2.40. The smallest absolute Gasteiger partial charge is 0.144 e. The van der Waals surface area contributed by atoms with Gasteiger partial charge in [-0.05, 0) is 12.1 Å². The molecular weight excluding hydrogens is 287 g/mol. The molecule has 0 aliphatic carbocycles. The summed E-state index contributed by atoms with van der Waals surface area (Å²) in [4.78, 5) is 4.15. The van der Waals surface area contributed by atoms with Crippen molar-refractivity contribution in [2.24, 2.45) is 0 Å². The van der Waals surface area contributed by atoms with Crippen LogP contribution in [0.3, 0.4) is 0 Å². The van der Waals surface area contributed by atoms with Gasteiger partial charge in [-0.2, -0.15) is 0 Å². The van der Waals surface area contributed by atoms with Crippen molar-refractivity contribution in [2.75, 3.05) is 19.5 Å². The fraction of sp³-hybridized carbons (Fsp3) is 0.154. The lowest BCUT2D eigenvalue weighted by molar-refractivity contribution is 0.405. The van der Waals surface area contributed by atoms with Crippen LogP contribution >= 0.6 is 23.2 Å². The Morgan fingerprint density at radius 1 is 1.05 bits per heavy atom. The first-order chi connectivity index (χ1) is 9.13. The van der Waals surface area contributed by atoms with Gasteiger partial charge in [0.2, 0.25) is 0 Å². The quantitative estimate of drug-likeness (QED) is 0.861. The molecule has 0 radical (unpaired) electrons. The van der Waals surface area contributed by atoms with Gasteiger partial charge in [0, 0.05) is 12.1 Å². The molecule has 0 saturated heterocycles. The molecule has 1 N–H and O–H groups in total. The van der Waals surface area contributed by atoms with Crippen LogP contribution in [0.1, 0.15) is 0 Å². The van der Waals surface area contributed by atoms with Crippen LogP contribution in [0, 0.1) is 0 Å². The molecule has 1 aromatic carbocycles. The molecule has 0 amide bonds. The summed E-state index contributed by atoms with van der Waals surface area (Å²) in [7, 11) is 3.11. The third kappa shape index (κ3) is 3.22. The van der Waals surface area contributed by atoms with Gasteiger partial charge >= 0.3 is 0 Å². The zero-order valence-corrected chi connectivity index (χ0v) is 11.9. The van der Waals surface area contributed by atoms with Crippen molar-refractivity contribution in [3.8, 4) is 11.5 Å². The summed E-state index contributed by atoms with van der Waals surface area (Å²) < 4.78 is 10.4. The summed E-state index contributed by atoms with van der Waals surface area (Å²) in [6.07, 6.45) is 0. The number of hydrogen-bond donors (Lipinski definition) is 1. The molecule has 1 heterocycles. The zero-order chi connectivity index (χ0) is 13.8. The molecule has 6 heteroatoms. The lowest BCUT2D eigenvalue weighted by Gasteiger charge is -2.13. The molecule has 0 spiro atoms. The highest BCUT2D eigenvalue weighted by Gasteiger charge is 2.10. The van der Waals surface area contributed by atoms with Gasteiger partial charge in [0.05, 0.1) is 24.9 Å². The summed E-state index contributed by atoms with van der Waals surface area (Å²) in [6.45, 7) is 0. The third-order valence-corrected chi connectivity index (χ3v) is 2.96. The van der Waals surface area contributed by atoms with Gasteiger partial charge in [0.1, 0.15) is 22.5 Å². The van der Waals surface area contributed by atoms with Crippen LogP contribution in [0.5, 0.6) is 11.5 Å². The standard InChI is InChI=1S/C13H12Cl2N2O2/c1-18-10-7-9(11(19-2)6-8(10)14)16-13-5-3-4-12(15)17-13/h3-7H,1-2H3,(H,16,17). The van der Waals surface area contributed by atoms with Crippen LogP contribution in [0.25, 0.3) is 0 Å². The number of aromatic nitrogens is 1. The van der Waals surface area contributed by atoms with Gasteiger partial charge < -0.3 is 14.8 Å². The second kappa shape index (κ2) is 5.99. The molecule has 0 aliphatic rings. The number of nitrogens with zero attached hydrogens (tertiary/aromatic N) is 1. The number of rotatable bonds is 4. The molecule has 0 atom stereocenters. The largest absolute Gasteiger partial charge is 0.495 e. The van der Waals surface area contributed by atoms with Crippen molar-refractivity contribution in [3.05, 3.63) is 40.5 Å². The summed E-state index contributed by atoms with van der Waals surface area (Å²) >= 11 is 11.9. The van der Waals surface area contributed by atoms with Crippen molar-refractivity contribution in [2.45, 2.75) is 0 Å². The van der Waals surface area contributed by atoms with E-state index in [2.05, 4.69) is 10.3 Å². The monoisotopic (exact) mass is 298 g/mol. The lowest BCUT2D eigenvalue weighted by Crippen LogP contribution is -1.98. The number of halogens is 2. The fourth-order valence-corrected chi connectivity index (χ4v) is 1.97. The lowest BCUT2D eigenvalue weighted by atomic mass is 10.2. The summed E-state index contributed by atoms with van der Waals surface area (Å²) in [5, 5.41) is 3.99. The van der Waals surface area contributed by atoms with Gasteiger partial charge in [0.25, 0.3) is 0 Å². The third-order valence-electron chi connectivity index (χ3n) is 2.45. The van der Waals surface area contributed by atoms with Crippen molar-refractivity contribution in [3.63, 3.8) is 0 Å². The van der Waals surface area contributed by atoms with E-state index in [1.807, 2.05) is 0 Å². The van der Waals surface area contributed by atoms with E-state index in [9.17, 15) is 0 Å². The maximum Gasteiger partial charge on any atom is 0.144 e. The molecule has 0 aliphatic heterocycles. The normalized spacial score (nSPS) is 10.1. The molecule has 0 bridgehead atoms. The Labute approximate surface area is 121 Å². The highest BCUT2D eigenvalue weighted by Crippen LogP contribution is 2.37. The van der Waals surface area contributed by atoms with E-state index in [4.69, 9.17) is 32.7 Å². The molecule has 100 valence electrons. The molecule has 0 fully saturated rings. The van der Waals surface area contributed by atoms with E-state index < -0.39 is 0 Å². The van der Waals surface area contributed by atoms with Gasteiger partial charge in [0.15, 0.2) is 0 Å². The van der Waals surface area contributed by atoms with Crippen molar-refractivity contribution >= 4 is 34.7 Å². The van der Waals surface area contributed by atoms with E-state index in [1.165, 1.54) is 0 Å². The van der Waals surface area contributed by atoms with Crippen LogP contribution in [0.2, 0.25) is 10.2 Å². The summed E-state index contributed by atoms with van der Waals surface area (Å²) in [5.41, 5.74) is 0.693. The first kappa shape index (κ1) is 13.8. The van der Waals surface area contributed by atoms with E-state index in [0.717, 1.165) is 0 Å². The average molecular weight is 299 g/mol. The minimum Gasteiger partial charge on any atom is -0.495 e. The molecule has 2 aromatic rings. The second-order valence-corrected chi connectivity index (χ2v) is 4.45. The minimum atomic E-state index is 0.407. The Morgan fingerprint density at radius 3 is 2.42 bits per heavy atom. The molecule has 4 nitrogen and oxygen atoms in total. The number of pyridine rings is 1. The first-order valence-electron chi connectivity index (χ1n) is 5.45. The van der Waals surface area contributed by atoms with Crippen molar-refractivity contribution in [1.82, 2.24) is 4.98 Å². The molecule has 0 saturated carbocycles. The van der Waals surface area contributed by atoms with Crippen LogP contribution < -0.4 is 14.8 Å². The fourth-order valence-electron chi connectivity index (χ4n) is 1.57. The Hall–Kier alpha value is -1.65. The number of anilines is 2. The number of nitrogens with one attached hydrogen (secondary N) is 1. The first-order valence-corrected chi connectivity index (χ1v) is 6.20. The number of benzene rings is 1. The maximum absolute atomic E-state index is 6.04. The van der Waals surface area contributed by atoms with E-state index in [0.29, 0.717) is 33.2 Å². The van der Waals surface area contributed by atoms with Crippen molar-refractivity contribution < 1.29 is 9.47 Å². The SMILES string of the molecule is COc1cc(Nc2cccc(Cl)n2)c(OC)cc1Cl. The molecule has 1 aromatic heterocycles. The van der Waals surface area contributed by atoms with E-state index >= 15 is 0 Å². The van der Waals surface area contributed by atoms with Gasteiger partial charge in [-0.15, -0.1) is 0 Å². The second-order valence-electron chi connectivity index (χ2n) is 3.66. The Bertz CT molecular complexity index is 591. The van der Waals surface area contributed by atoms with E-state index in [1.54, 1.807) is 44.6 Å². The number of ether oxygens (including phenoxy) is 2. The van der Waals surface area contributed by atoms with Crippen LogP contribution in [0.15, 0.2) is 30.3 Å². The Balaban J connectivity index is 2.38. The number of methoxy groups -OCH3 is 2. The zero-order valence-electron chi connectivity index (χ0n) is 10.4. The minimum absolute atomic E-state index is 0.407. The van der Waals surface area contributed by atoms with Crippen molar-refractivity contribution in [1.29, 1.82) is 0 Å². The Morgan fingerprint density at radius 2 is 1.79 bits per heavy atom. The summed E-state index contributed by atoms with van der Waals surface area (Å²) in [6, 6.07) is 8.72.